The van der Waals surface area contributed by atoms with Gasteiger partial charge in [0.05, 0.1) is 18.2 Å². The maximum absolute atomic E-state index is 14.8. The zero-order valence-electron chi connectivity index (χ0n) is 33.3. The summed E-state index contributed by atoms with van der Waals surface area (Å²) in [5.41, 5.74) is -3.39. The number of fused-ring (bicyclic) bond motifs is 2. The van der Waals surface area contributed by atoms with E-state index in [-0.39, 0.29) is 48.1 Å². The highest BCUT2D eigenvalue weighted by atomic mass is 19.4. The summed E-state index contributed by atoms with van der Waals surface area (Å²) >= 11 is 0. The Labute approximate surface area is 344 Å². The van der Waals surface area contributed by atoms with E-state index in [0.717, 1.165) is 22.9 Å². The van der Waals surface area contributed by atoms with Crippen molar-refractivity contribution < 1.29 is 51.2 Å². The predicted octanol–water partition coefficient (Wildman–Crippen LogP) is 10.5. The molecule has 10 rings (SSSR count). The zero-order chi connectivity index (χ0) is 42.5. The number of ketones is 1. The van der Waals surface area contributed by atoms with Crippen LogP contribution in [0.1, 0.15) is 74.7 Å². The molecule has 1 amide bonds. The van der Waals surface area contributed by atoms with Gasteiger partial charge in [-0.05, 0) is 121 Å². The number of aliphatic hydroxyl groups is 2. The summed E-state index contributed by atoms with van der Waals surface area (Å²) in [6.07, 6.45) is 3.61. The van der Waals surface area contributed by atoms with Gasteiger partial charge in [0.25, 0.3) is 0 Å². The Bertz CT molecular complexity index is 2450. The number of ether oxygens (including phenoxy) is 2. The average molecular weight is 828 g/mol. The number of halogens is 5. The minimum absolute atomic E-state index is 0.0125. The van der Waals surface area contributed by atoms with Gasteiger partial charge in [0.15, 0.2) is 17.4 Å². The summed E-state index contributed by atoms with van der Waals surface area (Å²) in [5, 5.41) is 25.9. The standard InChI is InChI=1S/C48H46F5NO6/c1-43-18-15-33(55)25-45(43)21-22-47(36(26-45)41(56)32-10-14-37(49)38(50)24-32)39(43)16-19-44(2)40(47)17-20-46(44,58)28-54(27-29-7-11-34(12-8-29)60-48(51,52)53)42(57)59-35-13-9-30-5-3-4-6-31(30)23-35/h3-14,21-24,26,33,39-40,55,58H,15-20,25,27-28H2,1-2H3. The number of hydrogen-bond acceptors (Lipinski definition) is 6. The zero-order valence-corrected chi connectivity index (χ0v) is 33.3. The topological polar surface area (TPSA) is 96.3 Å². The Balaban J connectivity index is 1.09. The molecule has 3 fully saturated rings. The summed E-state index contributed by atoms with van der Waals surface area (Å²) in [5.74, 6) is -3.18. The van der Waals surface area contributed by atoms with Crippen LogP contribution in [0.5, 0.6) is 11.5 Å². The summed E-state index contributed by atoms with van der Waals surface area (Å²) in [6, 6.07) is 21.2. The fraction of sp³-hybridized carbons (Fsp3) is 0.417. The number of hydrogen-bond donors (Lipinski definition) is 2. The second-order valence-corrected chi connectivity index (χ2v) is 18.2. The van der Waals surface area contributed by atoms with Crippen LogP contribution >= 0.6 is 0 Å². The van der Waals surface area contributed by atoms with Crippen molar-refractivity contribution in [1.82, 2.24) is 4.90 Å². The highest BCUT2D eigenvalue weighted by molar-refractivity contribution is 6.10. The van der Waals surface area contributed by atoms with Crippen LogP contribution in [0.3, 0.4) is 0 Å². The van der Waals surface area contributed by atoms with Crippen LogP contribution < -0.4 is 9.47 Å². The number of aliphatic hydroxyl groups excluding tert-OH is 1. The number of carbonyl (C=O) groups excluding carboxylic acids is 2. The third-order valence-electron chi connectivity index (χ3n) is 15.3. The molecule has 8 atom stereocenters. The molecular weight excluding hydrogens is 782 g/mol. The Morgan fingerprint density at radius 1 is 0.800 bits per heavy atom. The quantitative estimate of drug-likeness (QED) is 0.104. The largest absolute Gasteiger partial charge is 0.573 e. The molecule has 60 heavy (non-hydrogen) atoms. The molecule has 3 saturated carbocycles. The first-order valence-electron chi connectivity index (χ1n) is 20.5. The lowest BCUT2D eigenvalue weighted by atomic mass is 9.32. The van der Waals surface area contributed by atoms with Crippen LogP contribution in [0, 0.1) is 45.1 Å². The van der Waals surface area contributed by atoms with E-state index in [1.165, 1.54) is 35.2 Å². The smallest absolute Gasteiger partial charge is 0.410 e. The molecule has 6 aliphatic carbocycles. The average Bonchev–Trinajstić information content (AvgIpc) is 3.48. The van der Waals surface area contributed by atoms with E-state index < -0.39 is 63.6 Å². The lowest BCUT2D eigenvalue weighted by Crippen LogP contribution is -2.67. The van der Waals surface area contributed by atoms with Crippen LogP contribution in [-0.2, 0) is 6.54 Å². The molecule has 6 aliphatic rings. The second-order valence-electron chi connectivity index (χ2n) is 18.2. The summed E-state index contributed by atoms with van der Waals surface area (Å²) in [7, 11) is 0. The molecule has 8 unspecified atom stereocenters. The number of nitrogens with zero attached hydrogens (tertiary/aromatic N) is 1. The van der Waals surface area contributed by atoms with E-state index in [0.29, 0.717) is 49.7 Å². The molecule has 0 aliphatic heterocycles. The second kappa shape index (κ2) is 14.0. The molecule has 0 radical (unpaired) electrons. The van der Waals surface area contributed by atoms with Crippen molar-refractivity contribution in [2.75, 3.05) is 6.54 Å². The van der Waals surface area contributed by atoms with Crippen LogP contribution in [0.2, 0.25) is 0 Å². The number of allylic oxidation sites excluding steroid dienone is 4. The van der Waals surface area contributed by atoms with Gasteiger partial charge in [-0.1, -0.05) is 74.5 Å². The minimum atomic E-state index is -4.88. The molecule has 0 saturated heterocycles. The van der Waals surface area contributed by atoms with E-state index in [9.17, 15) is 41.8 Å². The van der Waals surface area contributed by atoms with Gasteiger partial charge in [0, 0.05) is 33.9 Å². The van der Waals surface area contributed by atoms with E-state index in [2.05, 4.69) is 23.8 Å². The van der Waals surface area contributed by atoms with Gasteiger partial charge < -0.3 is 24.6 Å². The lowest BCUT2D eigenvalue weighted by molar-refractivity contribution is -0.274. The molecule has 2 N–H and O–H groups in total. The Morgan fingerprint density at radius 3 is 2.22 bits per heavy atom. The molecule has 7 nitrogen and oxygen atoms in total. The van der Waals surface area contributed by atoms with Crippen molar-refractivity contribution in [1.29, 1.82) is 0 Å². The minimum Gasteiger partial charge on any atom is -0.410 e. The summed E-state index contributed by atoms with van der Waals surface area (Å²) in [6.45, 7) is 3.93. The molecule has 0 heterocycles. The van der Waals surface area contributed by atoms with E-state index in [1.54, 1.807) is 12.1 Å². The van der Waals surface area contributed by atoms with Gasteiger partial charge in [-0.15, -0.1) is 13.2 Å². The third-order valence-corrected chi connectivity index (χ3v) is 15.3. The first-order valence-corrected chi connectivity index (χ1v) is 20.5. The normalized spacial score (nSPS) is 32.8. The molecule has 4 aromatic carbocycles. The van der Waals surface area contributed by atoms with Crippen molar-refractivity contribution in [2.24, 2.45) is 33.5 Å². The Morgan fingerprint density at radius 2 is 1.48 bits per heavy atom. The molecule has 2 bridgehead atoms. The summed E-state index contributed by atoms with van der Waals surface area (Å²) in [4.78, 5) is 30.5. The molecule has 4 aromatic rings. The first kappa shape index (κ1) is 40.3. The lowest BCUT2D eigenvalue weighted by Gasteiger charge is -2.71. The van der Waals surface area contributed by atoms with Gasteiger partial charge in [-0.25, -0.2) is 13.6 Å². The van der Waals surface area contributed by atoms with E-state index in [4.69, 9.17) is 4.74 Å². The molecular formula is C48H46F5NO6. The molecule has 314 valence electrons. The predicted molar refractivity (Wildman–Crippen MR) is 213 cm³/mol. The van der Waals surface area contributed by atoms with E-state index >= 15 is 0 Å². The highest BCUT2D eigenvalue weighted by Gasteiger charge is 2.74. The molecule has 12 heteroatoms. The molecule has 0 aromatic heterocycles. The van der Waals surface area contributed by atoms with Crippen molar-refractivity contribution in [3.63, 3.8) is 0 Å². The number of carbonyl (C=O) groups is 2. The van der Waals surface area contributed by atoms with Crippen LogP contribution in [0.15, 0.2) is 109 Å². The van der Waals surface area contributed by atoms with Crippen LogP contribution in [0.25, 0.3) is 10.8 Å². The van der Waals surface area contributed by atoms with Crippen LogP contribution in [0.4, 0.5) is 26.7 Å². The van der Waals surface area contributed by atoms with Gasteiger partial charge in [0.1, 0.15) is 11.5 Å². The van der Waals surface area contributed by atoms with Gasteiger partial charge in [-0.2, -0.15) is 0 Å². The van der Waals surface area contributed by atoms with Crippen molar-refractivity contribution in [2.45, 2.75) is 83.4 Å². The summed E-state index contributed by atoms with van der Waals surface area (Å²) < 4.78 is 77.8. The van der Waals surface area contributed by atoms with Crippen LogP contribution in [-0.4, -0.2) is 51.6 Å². The first-order chi connectivity index (χ1) is 28.4. The monoisotopic (exact) mass is 827 g/mol. The third kappa shape index (κ3) is 6.27. The SMILES string of the molecule is CC12CCC(O)CC13C=CC1(C(C(=O)c4ccc(F)c(F)c4)=C3)C2CCC2(C)C1CCC2(O)CN(Cc1ccc(OC(F)(F)F)cc1)C(=O)Oc1ccc2ccccc2c1. The van der Waals surface area contributed by atoms with Crippen molar-refractivity contribution >= 4 is 22.6 Å². The Hall–Kier alpha value is -5.07. The van der Waals surface area contributed by atoms with Gasteiger partial charge in [-0.3, -0.25) is 4.79 Å². The fourth-order valence-corrected chi connectivity index (χ4v) is 12.3. The number of alkyl halides is 3. The van der Waals surface area contributed by atoms with Gasteiger partial charge in [0.2, 0.25) is 0 Å². The van der Waals surface area contributed by atoms with Gasteiger partial charge >= 0.3 is 12.5 Å². The van der Waals surface area contributed by atoms with Crippen molar-refractivity contribution in [3.8, 4) is 11.5 Å². The number of rotatable bonds is 8. The maximum Gasteiger partial charge on any atom is 0.573 e. The van der Waals surface area contributed by atoms with E-state index in [1.807, 2.05) is 43.3 Å². The fourth-order valence-electron chi connectivity index (χ4n) is 12.3. The number of amides is 1. The number of Topliss-reactive ketones (excluding diaryl/α,β-unsaturated/α-hetero) is 1. The molecule has 2 spiro atoms. The highest BCUT2D eigenvalue weighted by Crippen LogP contribution is 2.78. The van der Waals surface area contributed by atoms with Crippen molar-refractivity contribution in [3.05, 3.63) is 131 Å². The number of benzene rings is 4. The Kier molecular flexibility index (Phi) is 9.40. The maximum atomic E-state index is 14.8.